The number of benzene rings is 1. The molecule has 0 aliphatic heterocycles. The van der Waals surface area contributed by atoms with E-state index in [0.29, 0.717) is 17.7 Å². The second kappa shape index (κ2) is 7.83. The lowest BCUT2D eigenvalue weighted by Crippen LogP contribution is -2.40. The summed E-state index contributed by atoms with van der Waals surface area (Å²) in [7, 11) is -3.36. The van der Waals surface area contributed by atoms with Crippen LogP contribution in [-0.4, -0.2) is 26.0 Å². The first-order valence-corrected chi connectivity index (χ1v) is 9.79. The maximum absolute atomic E-state index is 12.2. The fourth-order valence-electron chi connectivity index (χ4n) is 2.05. The van der Waals surface area contributed by atoms with Crippen molar-refractivity contribution in [3.8, 4) is 6.07 Å². The molecule has 0 atom stereocenters. The van der Waals surface area contributed by atoms with Gasteiger partial charge in [-0.2, -0.15) is 17.0 Å². The lowest BCUT2D eigenvalue weighted by molar-refractivity contribution is 0.521. The summed E-state index contributed by atoms with van der Waals surface area (Å²) in [5.41, 5.74) is 1.21. The van der Waals surface area contributed by atoms with Crippen LogP contribution < -0.4 is 4.72 Å². The molecule has 21 heavy (non-hydrogen) atoms. The molecule has 4 nitrogen and oxygen atoms in total. The number of hydrogen-bond acceptors (Lipinski definition) is 4. The van der Waals surface area contributed by atoms with Gasteiger partial charge in [0.15, 0.2) is 0 Å². The molecule has 0 radical (unpaired) electrons. The van der Waals surface area contributed by atoms with Crippen LogP contribution in [0, 0.1) is 11.3 Å². The average Bonchev–Trinajstić information content (AvgIpc) is 2.50. The van der Waals surface area contributed by atoms with E-state index < -0.39 is 10.0 Å². The highest BCUT2D eigenvalue weighted by molar-refractivity contribution is 8.00. The Morgan fingerprint density at radius 2 is 1.81 bits per heavy atom. The van der Waals surface area contributed by atoms with Crippen LogP contribution in [0.5, 0.6) is 0 Å². The number of sulfonamides is 1. The summed E-state index contributed by atoms with van der Waals surface area (Å²) in [5.74, 6) is -0.0589. The van der Waals surface area contributed by atoms with Gasteiger partial charge in [-0.05, 0) is 36.8 Å². The first-order chi connectivity index (χ1) is 9.90. The van der Waals surface area contributed by atoms with Crippen LogP contribution in [0.2, 0.25) is 0 Å². The van der Waals surface area contributed by atoms with Gasteiger partial charge in [0.25, 0.3) is 0 Å². The Kier molecular flexibility index (Phi) is 6.72. The minimum atomic E-state index is -3.36. The molecule has 0 saturated carbocycles. The summed E-state index contributed by atoms with van der Waals surface area (Å²) in [6.45, 7) is 4.60. The SMILES string of the molecule is CCC(CC)(CNS(=O)(=O)Cc1ccc(C#N)cc1)SC. The molecule has 6 heteroatoms. The van der Waals surface area contributed by atoms with Crippen molar-refractivity contribution in [1.82, 2.24) is 4.72 Å². The lowest BCUT2D eigenvalue weighted by atomic mass is 10.0. The molecule has 1 N–H and O–H groups in total. The second-order valence-corrected chi connectivity index (χ2v) is 8.06. The molecule has 0 bridgehead atoms. The van der Waals surface area contributed by atoms with E-state index in [1.165, 1.54) is 0 Å². The third kappa shape index (κ3) is 5.34. The highest BCUT2D eigenvalue weighted by Gasteiger charge is 2.26. The molecule has 0 aromatic heterocycles. The monoisotopic (exact) mass is 326 g/mol. The summed E-state index contributed by atoms with van der Waals surface area (Å²) >= 11 is 1.71. The Morgan fingerprint density at radius 3 is 2.24 bits per heavy atom. The van der Waals surface area contributed by atoms with E-state index in [4.69, 9.17) is 5.26 Å². The van der Waals surface area contributed by atoms with Crippen LogP contribution in [0.3, 0.4) is 0 Å². The number of nitrogens with zero attached hydrogens (tertiary/aromatic N) is 1. The van der Waals surface area contributed by atoms with Crippen LogP contribution in [0.25, 0.3) is 0 Å². The van der Waals surface area contributed by atoms with Gasteiger partial charge in [-0.25, -0.2) is 13.1 Å². The number of rotatable bonds is 8. The molecule has 116 valence electrons. The highest BCUT2D eigenvalue weighted by atomic mass is 32.2. The quantitative estimate of drug-likeness (QED) is 0.797. The fraction of sp³-hybridized carbons (Fsp3) is 0.533. The smallest absolute Gasteiger partial charge is 0.214 e. The zero-order valence-electron chi connectivity index (χ0n) is 12.7. The van der Waals surface area contributed by atoms with E-state index in [-0.39, 0.29) is 10.5 Å². The van der Waals surface area contributed by atoms with Crippen molar-refractivity contribution in [2.75, 3.05) is 12.8 Å². The maximum Gasteiger partial charge on any atom is 0.215 e. The average molecular weight is 326 g/mol. The molecule has 0 spiro atoms. The Bertz CT molecular complexity index is 577. The largest absolute Gasteiger partial charge is 0.215 e. The predicted molar refractivity (Wildman–Crippen MR) is 88.6 cm³/mol. The van der Waals surface area contributed by atoms with Gasteiger partial charge < -0.3 is 0 Å². The van der Waals surface area contributed by atoms with E-state index in [1.807, 2.05) is 12.3 Å². The molecule has 0 heterocycles. The molecule has 1 rings (SSSR count). The third-order valence-electron chi connectivity index (χ3n) is 3.78. The normalized spacial score (nSPS) is 12.1. The van der Waals surface area contributed by atoms with Crippen molar-refractivity contribution in [3.63, 3.8) is 0 Å². The van der Waals surface area contributed by atoms with Crippen LogP contribution in [0.15, 0.2) is 24.3 Å². The van der Waals surface area contributed by atoms with Gasteiger partial charge in [-0.15, -0.1) is 0 Å². The Balaban J connectivity index is 2.71. The maximum atomic E-state index is 12.2. The molecular weight excluding hydrogens is 304 g/mol. The van der Waals surface area contributed by atoms with Crippen LogP contribution >= 0.6 is 11.8 Å². The molecule has 0 aliphatic carbocycles. The molecular formula is C15H22N2O2S2. The van der Waals surface area contributed by atoms with Crippen molar-refractivity contribution < 1.29 is 8.42 Å². The van der Waals surface area contributed by atoms with Crippen molar-refractivity contribution in [1.29, 1.82) is 5.26 Å². The van der Waals surface area contributed by atoms with E-state index >= 15 is 0 Å². The molecule has 1 aromatic rings. The minimum absolute atomic E-state index is 0.0439. The van der Waals surface area contributed by atoms with E-state index in [9.17, 15) is 8.42 Å². The van der Waals surface area contributed by atoms with Gasteiger partial charge in [0.1, 0.15) is 0 Å². The van der Waals surface area contributed by atoms with Gasteiger partial charge in [0.2, 0.25) is 10.0 Å². The summed E-state index contributed by atoms with van der Waals surface area (Å²) < 4.78 is 27.0. The third-order valence-corrected chi connectivity index (χ3v) is 6.66. The van der Waals surface area contributed by atoms with Crippen molar-refractivity contribution in [2.45, 2.75) is 37.2 Å². The van der Waals surface area contributed by atoms with Gasteiger partial charge in [0.05, 0.1) is 17.4 Å². The molecule has 0 fully saturated rings. The first-order valence-electron chi connectivity index (χ1n) is 6.92. The lowest BCUT2D eigenvalue weighted by Gasteiger charge is -2.29. The molecule has 0 saturated heterocycles. The number of nitriles is 1. The Hall–Kier alpha value is -1.03. The zero-order valence-corrected chi connectivity index (χ0v) is 14.4. The van der Waals surface area contributed by atoms with Crippen molar-refractivity contribution in [2.24, 2.45) is 0 Å². The van der Waals surface area contributed by atoms with E-state index in [2.05, 4.69) is 18.6 Å². The van der Waals surface area contributed by atoms with E-state index in [1.54, 1.807) is 36.0 Å². The summed E-state index contributed by atoms with van der Waals surface area (Å²) in [4.78, 5) is 0. The predicted octanol–water partition coefficient (Wildman–Crippen LogP) is 2.90. The van der Waals surface area contributed by atoms with E-state index in [0.717, 1.165) is 12.8 Å². The standard InChI is InChI=1S/C15H22N2O2S2/c1-4-15(5-2,20-3)12-17-21(18,19)11-14-8-6-13(10-16)7-9-14/h6-9,17H,4-5,11-12H2,1-3H3. The summed E-state index contributed by atoms with van der Waals surface area (Å²) in [5, 5.41) is 8.73. The molecule has 1 aromatic carbocycles. The van der Waals surface area contributed by atoms with Crippen molar-refractivity contribution in [3.05, 3.63) is 35.4 Å². The molecule has 0 aliphatic rings. The van der Waals surface area contributed by atoms with Gasteiger partial charge in [0, 0.05) is 11.3 Å². The zero-order chi connectivity index (χ0) is 15.9. The summed E-state index contributed by atoms with van der Waals surface area (Å²) in [6.07, 6.45) is 3.86. The first kappa shape index (κ1) is 18.0. The van der Waals surface area contributed by atoms with Gasteiger partial charge in [-0.3, -0.25) is 0 Å². The van der Waals surface area contributed by atoms with Gasteiger partial charge >= 0.3 is 0 Å². The summed E-state index contributed by atoms with van der Waals surface area (Å²) in [6, 6.07) is 8.64. The molecule has 0 unspecified atom stereocenters. The Labute approximate surface area is 132 Å². The second-order valence-electron chi connectivity index (χ2n) is 4.98. The Morgan fingerprint density at radius 1 is 1.24 bits per heavy atom. The van der Waals surface area contributed by atoms with Gasteiger partial charge in [-0.1, -0.05) is 26.0 Å². The number of thioether (sulfide) groups is 1. The topological polar surface area (TPSA) is 70.0 Å². The highest BCUT2D eigenvalue weighted by Crippen LogP contribution is 2.29. The minimum Gasteiger partial charge on any atom is -0.214 e. The molecule has 0 amide bonds. The van der Waals surface area contributed by atoms with Crippen LogP contribution in [-0.2, 0) is 15.8 Å². The van der Waals surface area contributed by atoms with Crippen LogP contribution in [0.1, 0.15) is 37.8 Å². The fourth-order valence-corrected chi connectivity index (χ4v) is 4.16. The van der Waals surface area contributed by atoms with Crippen molar-refractivity contribution >= 4 is 21.8 Å². The number of nitrogens with one attached hydrogen (secondary N) is 1. The van der Waals surface area contributed by atoms with Crippen LogP contribution in [0.4, 0.5) is 0 Å². The number of hydrogen-bond donors (Lipinski definition) is 1.